The molecule has 3 N–H and O–H groups in total. The number of aromatic amines is 1. The zero-order chi connectivity index (χ0) is 13.8. The van der Waals surface area contributed by atoms with Gasteiger partial charge in [0.2, 0.25) is 0 Å². The quantitative estimate of drug-likeness (QED) is 0.784. The van der Waals surface area contributed by atoms with Gasteiger partial charge in [-0.25, -0.2) is 0 Å². The van der Waals surface area contributed by atoms with Crippen molar-refractivity contribution in [3.05, 3.63) is 53.3 Å². The lowest BCUT2D eigenvalue weighted by Crippen LogP contribution is -2.26. The molecule has 0 fully saturated rings. The highest BCUT2D eigenvalue weighted by Crippen LogP contribution is 2.15. The van der Waals surface area contributed by atoms with Gasteiger partial charge in [-0.1, -0.05) is 12.1 Å². The fourth-order valence-corrected chi connectivity index (χ4v) is 1.72. The predicted molar refractivity (Wildman–Crippen MR) is 69.5 cm³/mol. The molecule has 0 spiro atoms. The maximum absolute atomic E-state index is 11.9. The first-order valence-corrected chi connectivity index (χ1v) is 5.78. The second-order valence-corrected chi connectivity index (χ2v) is 4.20. The molecule has 0 aliphatic carbocycles. The number of carbonyl (C=O) groups is 1. The number of hydrogen-bond acceptors (Lipinski definition) is 3. The summed E-state index contributed by atoms with van der Waals surface area (Å²) in [5, 5.41) is 20.7. The monoisotopic (exact) mass is 255 g/mol. The van der Waals surface area contributed by atoms with Crippen LogP contribution in [0.4, 0.5) is 0 Å². The van der Waals surface area contributed by atoms with Gasteiger partial charge >= 0.3 is 0 Å². The highest BCUT2D eigenvalue weighted by Gasteiger charge is 2.12. The first kappa shape index (κ1) is 12.7. The van der Waals surface area contributed by atoms with Gasteiger partial charge in [0.25, 0.3) is 5.91 Å². The van der Waals surface area contributed by atoms with Crippen LogP contribution in [0, 0.1) is 11.3 Å². The van der Waals surface area contributed by atoms with Crippen molar-refractivity contribution in [1.29, 1.82) is 5.26 Å². The van der Waals surface area contributed by atoms with Crippen LogP contribution in [-0.4, -0.2) is 16.0 Å². The number of nitrogens with zero attached hydrogens (tertiary/aromatic N) is 1. The van der Waals surface area contributed by atoms with E-state index in [1.165, 1.54) is 12.3 Å². The third kappa shape index (κ3) is 2.93. The third-order valence-corrected chi connectivity index (χ3v) is 2.80. The maximum atomic E-state index is 11.9. The number of benzene rings is 1. The SMILES string of the molecule is C[C@H](NC(=O)c1cc(O)c[nH]1)c1ccc(C#N)cc1. The van der Waals surface area contributed by atoms with E-state index >= 15 is 0 Å². The highest BCUT2D eigenvalue weighted by atomic mass is 16.3. The van der Waals surface area contributed by atoms with Gasteiger partial charge in [-0.2, -0.15) is 5.26 Å². The number of carbonyl (C=O) groups excluding carboxylic acids is 1. The van der Waals surface area contributed by atoms with Gasteiger partial charge in [0, 0.05) is 12.3 Å². The van der Waals surface area contributed by atoms with Crippen LogP contribution >= 0.6 is 0 Å². The summed E-state index contributed by atoms with van der Waals surface area (Å²) in [5.41, 5.74) is 1.79. The molecule has 1 aromatic carbocycles. The molecule has 5 heteroatoms. The molecular weight excluding hydrogens is 242 g/mol. The molecular formula is C14H13N3O2. The van der Waals surface area contributed by atoms with E-state index in [-0.39, 0.29) is 17.7 Å². The van der Waals surface area contributed by atoms with Gasteiger partial charge in [-0.3, -0.25) is 4.79 Å². The molecule has 5 nitrogen and oxygen atoms in total. The lowest BCUT2D eigenvalue weighted by molar-refractivity contribution is 0.0935. The van der Waals surface area contributed by atoms with Crippen molar-refractivity contribution in [3.8, 4) is 11.8 Å². The van der Waals surface area contributed by atoms with Gasteiger partial charge < -0.3 is 15.4 Å². The molecule has 19 heavy (non-hydrogen) atoms. The summed E-state index contributed by atoms with van der Waals surface area (Å²) in [6, 6.07) is 10.2. The predicted octanol–water partition coefficient (Wildman–Crippen LogP) is 2.08. The number of hydrogen-bond donors (Lipinski definition) is 3. The minimum Gasteiger partial charge on any atom is -0.506 e. The average molecular weight is 255 g/mol. The molecule has 2 rings (SSSR count). The molecule has 2 aromatic rings. The minimum atomic E-state index is -0.294. The van der Waals surface area contributed by atoms with E-state index in [1.807, 2.05) is 13.0 Å². The van der Waals surface area contributed by atoms with Crippen LogP contribution in [0.2, 0.25) is 0 Å². The molecule has 0 radical (unpaired) electrons. The van der Waals surface area contributed by atoms with Crippen LogP contribution in [-0.2, 0) is 0 Å². The summed E-state index contributed by atoms with van der Waals surface area (Å²) in [5.74, 6) is -0.270. The Morgan fingerprint density at radius 2 is 2.11 bits per heavy atom. The highest BCUT2D eigenvalue weighted by molar-refractivity contribution is 5.93. The van der Waals surface area contributed by atoms with Gasteiger partial charge in [0.05, 0.1) is 17.7 Å². The fourth-order valence-electron chi connectivity index (χ4n) is 1.72. The Bertz CT molecular complexity index is 623. The second kappa shape index (κ2) is 5.27. The summed E-state index contributed by atoms with van der Waals surface area (Å²) in [6.07, 6.45) is 1.35. The van der Waals surface area contributed by atoms with Crippen molar-refractivity contribution in [2.24, 2.45) is 0 Å². The van der Waals surface area contributed by atoms with E-state index < -0.39 is 0 Å². The van der Waals surface area contributed by atoms with Crippen LogP contribution in [0.1, 0.15) is 34.6 Å². The summed E-state index contributed by atoms with van der Waals surface area (Å²) < 4.78 is 0. The van der Waals surface area contributed by atoms with Gasteiger partial charge in [0.15, 0.2) is 0 Å². The Balaban J connectivity index is 2.06. The molecule has 1 amide bonds. The van der Waals surface area contributed by atoms with E-state index in [4.69, 9.17) is 10.4 Å². The summed E-state index contributed by atoms with van der Waals surface area (Å²) in [6.45, 7) is 1.85. The second-order valence-electron chi connectivity index (χ2n) is 4.20. The standard InChI is InChI=1S/C14H13N3O2/c1-9(11-4-2-10(7-15)3-5-11)17-14(19)13-6-12(18)8-16-13/h2-6,8-9,16,18H,1H3,(H,17,19)/t9-/m0/s1. The number of aromatic nitrogens is 1. The number of rotatable bonds is 3. The van der Waals surface area contributed by atoms with Crippen molar-refractivity contribution < 1.29 is 9.90 Å². The largest absolute Gasteiger partial charge is 0.506 e. The van der Waals surface area contributed by atoms with Gasteiger partial charge in [0.1, 0.15) is 11.4 Å². The Kier molecular flexibility index (Phi) is 3.53. The van der Waals surface area contributed by atoms with E-state index in [0.29, 0.717) is 11.3 Å². The topological polar surface area (TPSA) is 88.9 Å². The van der Waals surface area contributed by atoms with Crippen LogP contribution in [0.3, 0.4) is 0 Å². The fraction of sp³-hybridized carbons (Fsp3) is 0.143. The normalized spacial score (nSPS) is 11.6. The first-order chi connectivity index (χ1) is 9.10. The molecule has 96 valence electrons. The number of H-pyrrole nitrogens is 1. The zero-order valence-electron chi connectivity index (χ0n) is 10.3. The van der Waals surface area contributed by atoms with Crippen LogP contribution in [0.25, 0.3) is 0 Å². The maximum Gasteiger partial charge on any atom is 0.268 e. The number of amides is 1. The Hall–Kier alpha value is -2.74. The summed E-state index contributed by atoms with van der Waals surface area (Å²) in [4.78, 5) is 14.5. The first-order valence-electron chi connectivity index (χ1n) is 5.78. The van der Waals surface area contributed by atoms with Crippen molar-refractivity contribution in [2.75, 3.05) is 0 Å². The van der Waals surface area contributed by atoms with E-state index in [1.54, 1.807) is 24.3 Å². The smallest absolute Gasteiger partial charge is 0.268 e. The molecule has 0 saturated carbocycles. The lowest BCUT2D eigenvalue weighted by atomic mass is 10.1. The summed E-state index contributed by atoms with van der Waals surface area (Å²) >= 11 is 0. The molecule has 0 unspecified atom stereocenters. The molecule has 0 aliphatic heterocycles. The summed E-state index contributed by atoms with van der Waals surface area (Å²) in [7, 11) is 0. The van der Waals surface area contributed by atoms with Crippen LogP contribution in [0.15, 0.2) is 36.5 Å². The van der Waals surface area contributed by atoms with Crippen molar-refractivity contribution in [1.82, 2.24) is 10.3 Å². The molecule has 1 aromatic heterocycles. The molecule has 1 atom stereocenters. The Morgan fingerprint density at radius 1 is 1.42 bits per heavy atom. The average Bonchev–Trinajstić information content (AvgIpc) is 2.85. The molecule has 1 heterocycles. The van der Waals surface area contributed by atoms with Crippen molar-refractivity contribution >= 4 is 5.91 Å². The van der Waals surface area contributed by atoms with Gasteiger partial charge in [-0.15, -0.1) is 0 Å². The number of nitrogens with one attached hydrogen (secondary N) is 2. The zero-order valence-corrected chi connectivity index (χ0v) is 10.3. The molecule has 0 bridgehead atoms. The van der Waals surface area contributed by atoms with Crippen molar-refractivity contribution in [2.45, 2.75) is 13.0 Å². The van der Waals surface area contributed by atoms with E-state index in [9.17, 15) is 4.79 Å². The van der Waals surface area contributed by atoms with Crippen LogP contribution < -0.4 is 5.32 Å². The van der Waals surface area contributed by atoms with Crippen molar-refractivity contribution in [3.63, 3.8) is 0 Å². The minimum absolute atomic E-state index is 0.0242. The van der Waals surface area contributed by atoms with Gasteiger partial charge in [-0.05, 0) is 24.6 Å². The third-order valence-electron chi connectivity index (χ3n) is 2.80. The molecule has 0 saturated heterocycles. The van der Waals surface area contributed by atoms with E-state index in [2.05, 4.69) is 10.3 Å². The van der Waals surface area contributed by atoms with E-state index in [0.717, 1.165) is 5.56 Å². The Labute approximate surface area is 110 Å². The Morgan fingerprint density at radius 3 is 2.63 bits per heavy atom. The lowest BCUT2D eigenvalue weighted by Gasteiger charge is -2.13. The number of nitriles is 1. The molecule has 0 aliphatic rings. The van der Waals surface area contributed by atoms with Crippen LogP contribution in [0.5, 0.6) is 5.75 Å². The number of aromatic hydroxyl groups is 1.